The van der Waals surface area contributed by atoms with E-state index in [9.17, 15) is 9.59 Å². The summed E-state index contributed by atoms with van der Waals surface area (Å²) in [7, 11) is 0. The number of carbonyl (C=O) groups excluding carboxylic acids is 2. The Bertz CT molecular complexity index is 334. The molecule has 0 saturated carbocycles. The van der Waals surface area contributed by atoms with Crippen LogP contribution < -0.4 is 5.32 Å². The van der Waals surface area contributed by atoms with E-state index in [0.29, 0.717) is 13.0 Å². The van der Waals surface area contributed by atoms with Crippen LogP contribution in [0.4, 0.5) is 0 Å². The smallest absolute Gasteiger partial charge is 0.239 e. The predicted octanol–water partition coefficient (Wildman–Crippen LogP) is 0.989. The molecule has 0 aromatic heterocycles. The van der Waals surface area contributed by atoms with Gasteiger partial charge in [0, 0.05) is 39.1 Å². The highest BCUT2D eigenvalue weighted by Gasteiger charge is 2.23. The maximum atomic E-state index is 12.1. The molecule has 1 atom stereocenters. The van der Waals surface area contributed by atoms with Crippen molar-refractivity contribution in [3.8, 4) is 0 Å². The summed E-state index contributed by atoms with van der Waals surface area (Å²) in [5.41, 5.74) is 0. The zero-order valence-electron chi connectivity index (χ0n) is 12.6. The van der Waals surface area contributed by atoms with Gasteiger partial charge in [-0.3, -0.25) is 9.59 Å². The van der Waals surface area contributed by atoms with Gasteiger partial charge in [-0.15, -0.1) is 0 Å². The van der Waals surface area contributed by atoms with Crippen LogP contribution in [0, 0.1) is 0 Å². The van der Waals surface area contributed by atoms with Crippen LogP contribution >= 0.6 is 0 Å². The molecular weight excluding hydrogens is 254 g/mol. The fourth-order valence-corrected chi connectivity index (χ4v) is 3.00. The number of piperidine rings is 1. The van der Waals surface area contributed by atoms with Crippen LogP contribution in [0.25, 0.3) is 0 Å². The van der Waals surface area contributed by atoms with E-state index in [4.69, 9.17) is 0 Å². The quantitative estimate of drug-likeness (QED) is 0.817. The van der Waals surface area contributed by atoms with Crippen molar-refractivity contribution in [2.45, 2.75) is 51.5 Å². The first-order valence-electron chi connectivity index (χ1n) is 7.98. The Morgan fingerprint density at radius 1 is 0.950 bits per heavy atom. The van der Waals surface area contributed by atoms with Gasteiger partial charge >= 0.3 is 0 Å². The van der Waals surface area contributed by atoms with Crippen molar-refractivity contribution in [3.63, 3.8) is 0 Å². The van der Waals surface area contributed by atoms with Gasteiger partial charge in [-0.25, -0.2) is 0 Å². The Morgan fingerprint density at radius 2 is 1.50 bits per heavy atom. The molecule has 5 nitrogen and oxygen atoms in total. The molecule has 0 spiro atoms. The maximum absolute atomic E-state index is 12.1. The van der Waals surface area contributed by atoms with Crippen molar-refractivity contribution >= 4 is 11.8 Å². The Morgan fingerprint density at radius 3 is 2.15 bits per heavy atom. The van der Waals surface area contributed by atoms with E-state index in [1.165, 1.54) is 6.42 Å². The average molecular weight is 281 g/mol. The van der Waals surface area contributed by atoms with Gasteiger partial charge < -0.3 is 15.1 Å². The molecule has 2 aliphatic heterocycles. The number of likely N-dealkylation sites (tertiary alicyclic amines) is 2. The van der Waals surface area contributed by atoms with Crippen LogP contribution in [0.15, 0.2) is 0 Å². The first-order chi connectivity index (χ1) is 9.68. The second-order valence-corrected chi connectivity index (χ2v) is 5.90. The second kappa shape index (κ2) is 7.62. The standard InChI is InChI=1S/C15H27N3O2/c1-13(15(20)18-11-5-6-12-18)16-8-7-14(19)17-9-3-2-4-10-17/h13,16H,2-12H2,1H3. The second-order valence-electron chi connectivity index (χ2n) is 5.90. The van der Waals surface area contributed by atoms with Gasteiger partial charge in [0.25, 0.3) is 0 Å². The molecule has 2 heterocycles. The zero-order valence-corrected chi connectivity index (χ0v) is 12.6. The highest BCUT2D eigenvalue weighted by molar-refractivity contribution is 5.82. The molecule has 5 heteroatoms. The lowest BCUT2D eigenvalue weighted by molar-refractivity contribution is -0.134. The lowest BCUT2D eigenvalue weighted by Crippen LogP contribution is -2.45. The number of hydrogen-bond donors (Lipinski definition) is 1. The number of nitrogens with one attached hydrogen (secondary N) is 1. The van der Waals surface area contributed by atoms with Gasteiger partial charge in [0.05, 0.1) is 6.04 Å². The number of nitrogens with zero attached hydrogens (tertiary/aromatic N) is 2. The first-order valence-corrected chi connectivity index (χ1v) is 7.98. The van der Waals surface area contributed by atoms with Gasteiger partial charge in [0.2, 0.25) is 11.8 Å². The maximum Gasteiger partial charge on any atom is 0.239 e. The molecule has 20 heavy (non-hydrogen) atoms. The number of amides is 2. The highest BCUT2D eigenvalue weighted by Crippen LogP contribution is 2.10. The lowest BCUT2D eigenvalue weighted by Gasteiger charge is -2.27. The van der Waals surface area contributed by atoms with Gasteiger partial charge in [0.15, 0.2) is 0 Å². The fourth-order valence-electron chi connectivity index (χ4n) is 3.00. The molecule has 0 aromatic rings. The van der Waals surface area contributed by atoms with Crippen molar-refractivity contribution in [2.24, 2.45) is 0 Å². The van der Waals surface area contributed by atoms with Gasteiger partial charge in [0.1, 0.15) is 0 Å². The Balaban J connectivity index is 1.64. The Hall–Kier alpha value is -1.10. The summed E-state index contributed by atoms with van der Waals surface area (Å²) >= 11 is 0. The van der Waals surface area contributed by atoms with Crippen LogP contribution in [0.2, 0.25) is 0 Å². The minimum absolute atomic E-state index is 0.174. The molecule has 1 N–H and O–H groups in total. The SMILES string of the molecule is CC(NCCC(=O)N1CCCCC1)C(=O)N1CCCC1. The Kier molecular flexibility index (Phi) is 5.83. The Labute approximate surface area is 121 Å². The van der Waals surface area contributed by atoms with Crippen LogP contribution in [0.5, 0.6) is 0 Å². The monoisotopic (exact) mass is 281 g/mol. The molecule has 0 radical (unpaired) electrons. The molecule has 0 bridgehead atoms. The van der Waals surface area contributed by atoms with E-state index in [-0.39, 0.29) is 17.9 Å². The third kappa shape index (κ3) is 4.20. The van der Waals surface area contributed by atoms with Gasteiger partial charge in [-0.05, 0) is 39.0 Å². The van der Waals surface area contributed by atoms with E-state index in [2.05, 4.69) is 5.32 Å². The van der Waals surface area contributed by atoms with Crippen LogP contribution in [0.1, 0.15) is 45.4 Å². The highest BCUT2D eigenvalue weighted by atomic mass is 16.2. The predicted molar refractivity (Wildman–Crippen MR) is 78.3 cm³/mol. The molecule has 0 aliphatic carbocycles. The summed E-state index contributed by atoms with van der Waals surface area (Å²) in [6.07, 6.45) is 6.23. The van der Waals surface area contributed by atoms with E-state index >= 15 is 0 Å². The summed E-state index contributed by atoms with van der Waals surface area (Å²) in [6, 6.07) is -0.178. The lowest BCUT2D eigenvalue weighted by atomic mass is 10.1. The first kappa shape index (κ1) is 15.3. The average Bonchev–Trinajstić information content (AvgIpc) is 3.01. The van der Waals surface area contributed by atoms with Crippen LogP contribution in [-0.4, -0.2) is 60.4 Å². The number of rotatable bonds is 5. The zero-order chi connectivity index (χ0) is 14.4. The van der Waals surface area contributed by atoms with Crippen LogP contribution in [-0.2, 0) is 9.59 Å². The van der Waals surface area contributed by atoms with Gasteiger partial charge in [-0.2, -0.15) is 0 Å². The van der Waals surface area contributed by atoms with Crippen molar-refractivity contribution in [1.29, 1.82) is 0 Å². The molecule has 2 fully saturated rings. The molecule has 2 rings (SSSR count). The molecule has 1 unspecified atom stereocenters. The van der Waals surface area contributed by atoms with Crippen molar-refractivity contribution in [3.05, 3.63) is 0 Å². The van der Waals surface area contributed by atoms with E-state index in [1.54, 1.807) is 0 Å². The van der Waals surface area contributed by atoms with Crippen LogP contribution in [0.3, 0.4) is 0 Å². The third-order valence-corrected chi connectivity index (χ3v) is 4.29. The largest absolute Gasteiger partial charge is 0.343 e. The van der Waals surface area contributed by atoms with Crippen molar-refractivity contribution in [2.75, 3.05) is 32.7 Å². The number of carbonyl (C=O) groups is 2. The number of hydrogen-bond acceptors (Lipinski definition) is 3. The normalized spacial score (nSPS) is 21.1. The van der Waals surface area contributed by atoms with Gasteiger partial charge in [-0.1, -0.05) is 0 Å². The molecular formula is C15H27N3O2. The molecule has 2 amide bonds. The minimum atomic E-state index is -0.178. The molecule has 2 aliphatic rings. The molecule has 114 valence electrons. The van der Waals surface area contributed by atoms with E-state index < -0.39 is 0 Å². The summed E-state index contributed by atoms with van der Waals surface area (Å²) in [4.78, 5) is 28.0. The van der Waals surface area contributed by atoms with Crippen molar-refractivity contribution < 1.29 is 9.59 Å². The minimum Gasteiger partial charge on any atom is -0.343 e. The topological polar surface area (TPSA) is 52.7 Å². The van der Waals surface area contributed by atoms with Crippen molar-refractivity contribution in [1.82, 2.24) is 15.1 Å². The third-order valence-electron chi connectivity index (χ3n) is 4.29. The summed E-state index contributed by atoms with van der Waals surface area (Å²) in [5.74, 6) is 0.394. The molecule has 0 aromatic carbocycles. The van der Waals surface area contributed by atoms with E-state index in [1.807, 2.05) is 16.7 Å². The summed E-state index contributed by atoms with van der Waals surface area (Å²) in [6.45, 7) is 6.07. The summed E-state index contributed by atoms with van der Waals surface area (Å²) < 4.78 is 0. The van der Waals surface area contributed by atoms with E-state index in [0.717, 1.165) is 51.9 Å². The fraction of sp³-hybridized carbons (Fsp3) is 0.867. The molecule has 2 saturated heterocycles. The summed E-state index contributed by atoms with van der Waals surface area (Å²) in [5, 5.41) is 3.19.